The van der Waals surface area contributed by atoms with Gasteiger partial charge in [-0.3, -0.25) is 0 Å². The number of aliphatic hydroxyl groups is 1. The standard InChI is InChI=1S/C13H16FNO3/c1-13(2)10(6-11(13)16)15-9-5-7(12(17)18)3-4-8(9)14/h3-5,10-11,15-16H,6H2,1-2H3,(H,17,18). The first-order chi connectivity index (χ1) is 8.32. The Morgan fingerprint density at radius 1 is 1.50 bits per heavy atom. The quantitative estimate of drug-likeness (QED) is 0.771. The van der Waals surface area contributed by atoms with Crippen LogP contribution in [0.3, 0.4) is 0 Å². The average Bonchev–Trinajstić information content (AvgIpc) is 2.30. The summed E-state index contributed by atoms with van der Waals surface area (Å²) in [7, 11) is 0. The Labute approximate surface area is 104 Å². The highest BCUT2D eigenvalue weighted by Gasteiger charge is 2.47. The van der Waals surface area contributed by atoms with Gasteiger partial charge in [-0.15, -0.1) is 0 Å². The number of aliphatic hydroxyl groups excluding tert-OH is 1. The molecule has 0 radical (unpaired) electrons. The van der Waals surface area contributed by atoms with Gasteiger partial charge in [0.2, 0.25) is 0 Å². The number of nitrogens with one attached hydrogen (secondary N) is 1. The molecule has 4 nitrogen and oxygen atoms in total. The van der Waals surface area contributed by atoms with Crippen molar-refractivity contribution in [3.05, 3.63) is 29.6 Å². The van der Waals surface area contributed by atoms with Crippen LogP contribution in [0.4, 0.5) is 10.1 Å². The highest BCUT2D eigenvalue weighted by Crippen LogP contribution is 2.42. The van der Waals surface area contributed by atoms with Gasteiger partial charge in [-0.25, -0.2) is 9.18 Å². The SMILES string of the molecule is CC1(C)C(O)CC1Nc1cc(C(=O)O)ccc1F. The zero-order valence-electron chi connectivity index (χ0n) is 10.3. The molecule has 2 unspecified atom stereocenters. The zero-order chi connectivity index (χ0) is 13.5. The van der Waals surface area contributed by atoms with E-state index in [1.165, 1.54) is 12.1 Å². The lowest BCUT2D eigenvalue weighted by molar-refractivity contribution is -0.0511. The molecular formula is C13H16FNO3. The molecule has 98 valence electrons. The van der Waals surface area contributed by atoms with E-state index in [-0.39, 0.29) is 22.7 Å². The van der Waals surface area contributed by atoms with Crippen molar-refractivity contribution in [1.82, 2.24) is 0 Å². The number of hydrogen-bond acceptors (Lipinski definition) is 3. The molecule has 1 aromatic carbocycles. The first-order valence-electron chi connectivity index (χ1n) is 5.80. The van der Waals surface area contributed by atoms with Crippen molar-refractivity contribution in [2.24, 2.45) is 5.41 Å². The molecule has 0 amide bonds. The summed E-state index contributed by atoms with van der Waals surface area (Å²) >= 11 is 0. The molecule has 2 atom stereocenters. The summed E-state index contributed by atoms with van der Waals surface area (Å²) in [5.41, 5.74) is -0.137. The number of hydrogen-bond donors (Lipinski definition) is 3. The van der Waals surface area contributed by atoms with Crippen LogP contribution in [0.15, 0.2) is 18.2 Å². The van der Waals surface area contributed by atoms with Crippen molar-refractivity contribution in [1.29, 1.82) is 0 Å². The maximum absolute atomic E-state index is 13.6. The number of rotatable bonds is 3. The Morgan fingerprint density at radius 3 is 2.67 bits per heavy atom. The fourth-order valence-corrected chi connectivity index (χ4v) is 2.10. The van der Waals surface area contributed by atoms with E-state index in [0.29, 0.717) is 6.42 Å². The lowest BCUT2D eigenvalue weighted by Crippen LogP contribution is -2.57. The Hall–Kier alpha value is -1.62. The molecule has 5 heteroatoms. The van der Waals surface area contributed by atoms with Crippen molar-refractivity contribution in [2.45, 2.75) is 32.4 Å². The number of aromatic carboxylic acids is 1. The molecule has 1 saturated carbocycles. The van der Waals surface area contributed by atoms with Gasteiger partial charge in [0.1, 0.15) is 5.82 Å². The van der Waals surface area contributed by atoms with Gasteiger partial charge < -0.3 is 15.5 Å². The predicted octanol–water partition coefficient (Wildman–Crippen LogP) is 2.10. The summed E-state index contributed by atoms with van der Waals surface area (Å²) in [5.74, 6) is -1.58. The van der Waals surface area contributed by atoms with E-state index in [9.17, 15) is 14.3 Å². The number of carboxylic acid groups (broad SMARTS) is 1. The van der Waals surface area contributed by atoms with Crippen molar-refractivity contribution in [2.75, 3.05) is 5.32 Å². The van der Waals surface area contributed by atoms with Crippen molar-refractivity contribution in [3.63, 3.8) is 0 Å². The molecule has 18 heavy (non-hydrogen) atoms. The van der Waals surface area contributed by atoms with E-state index in [0.717, 1.165) is 6.07 Å². The lowest BCUT2D eigenvalue weighted by atomic mass is 9.64. The molecule has 0 aliphatic heterocycles. The smallest absolute Gasteiger partial charge is 0.335 e. The van der Waals surface area contributed by atoms with Crippen LogP contribution in [-0.2, 0) is 0 Å². The van der Waals surface area contributed by atoms with Gasteiger partial charge in [0.15, 0.2) is 0 Å². The summed E-state index contributed by atoms with van der Waals surface area (Å²) in [4.78, 5) is 10.8. The largest absolute Gasteiger partial charge is 0.478 e. The van der Waals surface area contributed by atoms with Crippen molar-refractivity contribution < 1.29 is 19.4 Å². The third-order valence-corrected chi connectivity index (χ3v) is 3.76. The molecular weight excluding hydrogens is 237 g/mol. The Balaban J connectivity index is 2.19. The second-order valence-corrected chi connectivity index (χ2v) is 5.27. The topological polar surface area (TPSA) is 69.6 Å². The summed E-state index contributed by atoms with van der Waals surface area (Å²) < 4.78 is 13.6. The first-order valence-corrected chi connectivity index (χ1v) is 5.80. The Bertz CT molecular complexity index is 487. The number of carbonyl (C=O) groups is 1. The van der Waals surface area contributed by atoms with Crippen LogP contribution in [0.25, 0.3) is 0 Å². The molecule has 1 aliphatic rings. The van der Waals surface area contributed by atoms with E-state index in [1.807, 2.05) is 13.8 Å². The highest BCUT2D eigenvalue weighted by atomic mass is 19.1. The van der Waals surface area contributed by atoms with Gasteiger partial charge >= 0.3 is 5.97 Å². The van der Waals surface area contributed by atoms with E-state index < -0.39 is 17.9 Å². The second-order valence-electron chi connectivity index (χ2n) is 5.27. The molecule has 0 heterocycles. The van der Waals surface area contributed by atoms with Gasteiger partial charge in [-0.1, -0.05) is 13.8 Å². The fraction of sp³-hybridized carbons (Fsp3) is 0.462. The summed E-state index contributed by atoms with van der Waals surface area (Å²) in [6.45, 7) is 3.77. The number of halogens is 1. The number of benzene rings is 1. The highest BCUT2D eigenvalue weighted by molar-refractivity contribution is 5.88. The molecule has 2 rings (SSSR count). The molecule has 3 N–H and O–H groups in total. The van der Waals surface area contributed by atoms with Crippen LogP contribution in [-0.4, -0.2) is 28.3 Å². The van der Waals surface area contributed by atoms with E-state index in [2.05, 4.69) is 5.32 Å². The van der Waals surface area contributed by atoms with E-state index in [4.69, 9.17) is 5.11 Å². The lowest BCUT2D eigenvalue weighted by Gasteiger charge is -2.49. The van der Waals surface area contributed by atoms with Crippen LogP contribution in [0, 0.1) is 11.2 Å². The normalized spacial score (nSPS) is 25.3. The first kappa shape index (κ1) is 12.8. The number of carboxylic acids is 1. The van der Waals surface area contributed by atoms with Crippen molar-refractivity contribution in [3.8, 4) is 0 Å². The van der Waals surface area contributed by atoms with Gasteiger partial charge in [0, 0.05) is 11.5 Å². The molecule has 0 aromatic heterocycles. The van der Waals surface area contributed by atoms with Gasteiger partial charge in [0.25, 0.3) is 0 Å². The van der Waals surface area contributed by atoms with Gasteiger partial charge in [-0.05, 0) is 24.6 Å². The molecule has 0 spiro atoms. The Morgan fingerprint density at radius 2 is 2.17 bits per heavy atom. The van der Waals surface area contributed by atoms with Crippen LogP contribution >= 0.6 is 0 Å². The fourth-order valence-electron chi connectivity index (χ4n) is 2.10. The minimum Gasteiger partial charge on any atom is -0.478 e. The molecule has 0 saturated heterocycles. The minimum atomic E-state index is -1.09. The van der Waals surface area contributed by atoms with E-state index >= 15 is 0 Å². The van der Waals surface area contributed by atoms with Gasteiger partial charge in [0.05, 0.1) is 17.4 Å². The minimum absolute atomic E-state index is 0.0385. The van der Waals surface area contributed by atoms with E-state index in [1.54, 1.807) is 0 Å². The third-order valence-electron chi connectivity index (χ3n) is 3.76. The summed E-state index contributed by atoms with van der Waals surface area (Å²) in [5, 5.41) is 21.4. The average molecular weight is 253 g/mol. The predicted molar refractivity (Wildman–Crippen MR) is 65.2 cm³/mol. The van der Waals surface area contributed by atoms with Gasteiger partial charge in [-0.2, -0.15) is 0 Å². The molecule has 1 aromatic rings. The summed E-state index contributed by atoms with van der Waals surface area (Å²) in [6.07, 6.45) is 0.115. The summed E-state index contributed by atoms with van der Waals surface area (Å²) in [6, 6.07) is 3.57. The maximum Gasteiger partial charge on any atom is 0.335 e. The van der Waals surface area contributed by atoms with Crippen LogP contribution in [0.1, 0.15) is 30.6 Å². The maximum atomic E-state index is 13.6. The second kappa shape index (κ2) is 4.24. The van der Waals surface area contributed by atoms with Crippen molar-refractivity contribution >= 4 is 11.7 Å². The Kier molecular flexibility index (Phi) is 3.02. The monoisotopic (exact) mass is 253 g/mol. The molecule has 1 aliphatic carbocycles. The molecule has 0 bridgehead atoms. The van der Waals surface area contributed by atoms with Crippen LogP contribution in [0.2, 0.25) is 0 Å². The number of anilines is 1. The van der Waals surface area contributed by atoms with Crippen LogP contribution < -0.4 is 5.32 Å². The third kappa shape index (κ3) is 2.06. The molecule has 1 fully saturated rings. The zero-order valence-corrected chi connectivity index (χ0v) is 10.3. The van der Waals surface area contributed by atoms with Crippen LogP contribution in [0.5, 0.6) is 0 Å².